The third kappa shape index (κ3) is 18.4. The second kappa shape index (κ2) is 33.3. The normalized spacial score (nSPS) is 10.6. The molecule has 6 aromatic heterocycles. The number of ether oxygens (including phenoxy) is 2. The number of nitrogens with zero attached hydrogens (tertiary/aromatic N) is 5. The van der Waals surface area contributed by atoms with E-state index in [9.17, 15) is 33.9 Å². The summed E-state index contributed by atoms with van der Waals surface area (Å²) in [5, 5.41) is 35.6. The number of carboxylic acid groups (broad SMARTS) is 1. The molecule has 0 aliphatic carbocycles. The van der Waals surface area contributed by atoms with Crippen molar-refractivity contribution >= 4 is 108 Å². The summed E-state index contributed by atoms with van der Waals surface area (Å²) in [6.45, 7) is 9.26. The molecule has 9 rings (SSSR count). The third-order valence-corrected chi connectivity index (χ3v) is 11.7. The van der Waals surface area contributed by atoms with Gasteiger partial charge >= 0.3 is 175 Å². The number of hydrogen-bond acceptors (Lipinski definition) is 18. The van der Waals surface area contributed by atoms with Gasteiger partial charge in [0.2, 0.25) is 0 Å². The number of benzene rings is 3. The topological polar surface area (TPSA) is 324 Å². The van der Waals surface area contributed by atoms with Gasteiger partial charge in [-0.2, -0.15) is 15.3 Å². The van der Waals surface area contributed by atoms with Crippen LogP contribution in [0.2, 0.25) is 15.1 Å². The third-order valence-electron chi connectivity index (χ3n) is 10.7. The van der Waals surface area contributed by atoms with Crippen LogP contribution in [0.25, 0.3) is 66.7 Å². The molecule has 408 valence electrons. The molecule has 0 aliphatic heterocycles. The zero-order chi connectivity index (χ0) is 56.3. The number of nitrogens with one attached hydrogen (secondary N) is 1. The van der Waals surface area contributed by atoms with Crippen molar-refractivity contribution in [3.63, 3.8) is 0 Å². The zero-order valence-electron chi connectivity index (χ0n) is 45.8. The van der Waals surface area contributed by atoms with Crippen LogP contribution in [-0.4, -0.2) is 83.3 Å². The molecule has 6 heterocycles. The number of rotatable bonds is 9. The first-order chi connectivity index (χ1) is 35.8. The number of furan rings is 3. The number of alkyl halides is 1. The van der Waals surface area contributed by atoms with Crippen LogP contribution >= 0.6 is 50.7 Å². The molecule has 22 nitrogen and oxygen atoms in total. The Morgan fingerprint density at radius 1 is 0.650 bits per heavy atom. The molecule has 0 fully saturated rings. The molecule has 0 amide bonds. The molecular weight excluding hydrogens is 1410 g/mol. The number of carbonyl (C=O) groups is 4. The molecule has 3 aromatic carbocycles. The minimum Gasteiger partial charge on any atom is -1.00 e. The summed E-state index contributed by atoms with van der Waals surface area (Å²) in [7, 11) is 2.63. The number of halogens is 4. The molecule has 80 heavy (non-hydrogen) atoms. The standard InChI is InChI=1S/C17H15ClN2O4.C16H13ClN2O4.C12H7ClN2O2.C5H9BrO2.CH2O3.2Cs.Li.H2O.H/c1-17(2,16(22)23-3)20-15(21)12-7-8-24-14(12)13(19-20)10-5-4-6-11(18)9-10;1-16(2,15(21)22)19-14(20)11-6-7-23-13(11)12(18-19)9-4-3-5-10(17)8-9;13-8-3-1-2-7(6-8)10-11-9(4-5-17-11)12(16)15-14-10;1-5(2,6)4(7)8-3;2-1-4-3;;;;;/h4-9H,1-3H3;3-8H,1-2H3,(H,21,22);1-6H,(H,15,16);1-3H3;1,3H;;;;1H2;/q;;;;;3*+1;;-1/p-2. The molecule has 3 N–H and O–H groups in total. The number of aliphatic carboxylic acids is 1. The minimum atomic E-state index is -1.50. The molecule has 0 radical (unpaired) electrons. The van der Waals surface area contributed by atoms with Crippen LogP contribution in [0.15, 0.2) is 137 Å². The van der Waals surface area contributed by atoms with Gasteiger partial charge < -0.3 is 44.9 Å². The summed E-state index contributed by atoms with van der Waals surface area (Å²) in [5.41, 5.74) is 0.595. The van der Waals surface area contributed by atoms with E-state index in [4.69, 9.17) is 62.8 Å². The molecule has 9 aromatic rings. The van der Waals surface area contributed by atoms with Crippen molar-refractivity contribution < 1.29 is 221 Å². The van der Waals surface area contributed by atoms with E-state index in [2.05, 4.69) is 45.9 Å². The molecule has 0 saturated heterocycles. The maximum atomic E-state index is 12.7. The monoisotopic (exact) mass is 1460 g/mol. The van der Waals surface area contributed by atoms with Crippen molar-refractivity contribution in [2.75, 3.05) is 14.2 Å². The maximum absolute atomic E-state index is 12.7. The number of carbonyl (C=O) groups excluding carboxylic acids is 3. The average molecular weight is 1460 g/mol. The molecular formula is C51H47BrCl3Cs2LiN6O16. The van der Waals surface area contributed by atoms with E-state index >= 15 is 0 Å². The van der Waals surface area contributed by atoms with Crippen LogP contribution in [0.3, 0.4) is 0 Å². The van der Waals surface area contributed by atoms with Crippen LogP contribution in [-0.2, 0) is 44.6 Å². The Morgan fingerprint density at radius 3 is 1.32 bits per heavy atom. The Kier molecular flexibility index (Phi) is 31.1. The van der Waals surface area contributed by atoms with E-state index < -0.39 is 38.5 Å². The zero-order valence-corrected chi connectivity index (χ0v) is 61.2. The molecule has 0 spiro atoms. The number of methoxy groups -OCH3 is 2. The Bertz CT molecular complexity index is 3770. The largest absolute Gasteiger partial charge is 1.00 e. The van der Waals surface area contributed by atoms with Crippen LogP contribution in [0, 0.1) is 0 Å². The number of esters is 2. The first-order valence-corrected chi connectivity index (χ1v) is 23.8. The second-order valence-electron chi connectivity index (χ2n) is 17.1. The predicted octanol–water partition coefficient (Wildman–Crippen LogP) is -0.101. The van der Waals surface area contributed by atoms with E-state index in [0.717, 1.165) is 14.9 Å². The Balaban J connectivity index is 0.00000106. The van der Waals surface area contributed by atoms with Crippen LogP contribution in [0.4, 0.5) is 0 Å². The van der Waals surface area contributed by atoms with Gasteiger partial charge in [0.15, 0.2) is 27.8 Å². The van der Waals surface area contributed by atoms with Crippen LogP contribution in [0.5, 0.6) is 0 Å². The summed E-state index contributed by atoms with van der Waals surface area (Å²) in [6, 6.07) is 25.8. The molecule has 0 aliphatic rings. The van der Waals surface area contributed by atoms with E-state index in [-0.39, 0.29) is 187 Å². The van der Waals surface area contributed by atoms with Gasteiger partial charge in [-0.3, -0.25) is 24.0 Å². The average Bonchev–Trinajstić information content (AvgIpc) is 4.20. The second-order valence-corrected chi connectivity index (χ2v) is 20.4. The first kappa shape index (κ1) is 74.8. The maximum Gasteiger partial charge on any atom is 1.00 e. The van der Waals surface area contributed by atoms with E-state index in [1.807, 2.05) is 12.1 Å². The smallest absolute Gasteiger partial charge is 1.00 e. The van der Waals surface area contributed by atoms with Crippen LogP contribution in [0.1, 0.15) is 43.0 Å². The van der Waals surface area contributed by atoms with E-state index in [1.54, 1.807) is 100 Å². The summed E-state index contributed by atoms with van der Waals surface area (Å²) < 4.78 is 26.9. The Hall–Kier alpha value is -3.23. The van der Waals surface area contributed by atoms with Crippen molar-refractivity contribution in [1.29, 1.82) is 0 Å². The molecule has 0 saturated carbocycles. The first-order valence-electron chi connectivity index (χ1n) is 21.9. The summed E-state index contributed by atoms with van der Waals surface area (Å²) in [6.07, 6.45) is 4.26. The van der Waals surface area contributed by atoms with Gasteiger partial charge in [0.05, 0.1) is 49.2 Å². The van der Waals surface area contributed by atoms with Crippen molar-refractivity contribution in [2.45, 2.75) is 56.9 Å². The van der Waals surface area contributed by atoms with Crippen molar-refractivity contribution in [3.8, 4) is 33.8 Å². The fraction of sp³-hybridized carbons (Fsp3) is 0.216. The number of aromatic nitrogens is 6. The number of H-pyrrole nitrogens is 1. The van der Waals surface area contributed by atoms with Gasteiger partial charge in [-0.1, -0.05) is 87.1 Å². The van der Waals surface area contributed by atoms with E-state index in [0.29, 0.717) is 70.8 Å². The van der Waals surface area contributed by atoms with Gasteiger partial charge in [-0.05, 0) is 96.1 Å². The Labute approximate surface area is 609 Å². The number of carboxylic acids is 1. The van der Waals surface area contributed by atoms with Gasteiger partial charge in [0.25, 0.3) is 23.2 Å². The summed E-state index contributed by atoms with van der Waals surface area (Å²) in [5.74, 6) is -1.98. The SMILES string of the molecule is CC(C)(C(=O)O)n1nc(-c2cccc(Cl)c2)c2occc2c1=O.COC(=O)C(C)(C)Br.COC(=O)C(C)(C)n1nc(-c2cccc(Cl)c2)c2occc2c1=O.O=CO[O-].O=c1[nH]nc(-c2cccc(Cl)c2)c2occc12.[Cs+].[Cs+].[H-].[Li+].[OH-]. The van der Waals surface area contributed by atoms with Gasteiger partial charge in [0.1, 0.15) is 21.4 Å². The van der Waals surface area contributed by atoms with Gasteiger partial charge in [-0.25, -0.2) is 24.1 Å². The summed E-state index contributed by atoms with van der Waals surface area (Å²) >= 11 is 21.1. The quantitative estimate of drug-likeness (QED) is 0.0476. The number of aromatic amines is 1. The van der Waals surface area contributed by atoms with E-state index in [1.165, 1.54) is 52.9 Å². The van der Waals surface area contributed by atoms with Gasteiger partial charge in [0, 0.05) is 31.8 Å². The van der Waals surface area contributed by atoms with Crippen molar-refractivity contribution in [2.24, 2.45) is 0 Å². The predicted molar refractivity (Wildman–Crippen MR) is 286 cm³/mol. The minimum absolute atomic E-state index is 0. The molecule has 0 bridgehead atoms. The summed E-state index contributed by atoms with van der Waals surface area (Å²) in [4.78, 5) is 82.2. The Morgan fingerprint density at radius 2 is 1.00 bits per heavy atom. The number of hydrogen-bond donors (Lipinski definition) is 2. The van der Waals surface area contributed by atoms with Crippen molar-refractivity contribution in [1.82, 2.24) is 29.8 Å². The van der Waals surface area contributed by atoms with Gasteiger partial charge in [-0.15, -0.1) is 0 Å². The molecule has 0 atom stereocenters. The molecule has 0 unspecified atom stereocenters. The van der Waals surface area contributed by atoms with Crippen molar-refractivity contribution in [3.05, 3.63) is 156 Å². The fourth-order valence-corrected chi connectivity index (χ4v) is 7.46. The number of fused-ring (bicyclic) bond motifs is 3. The van der Waals surface area contributed by atoms with Crippen LogP contribution < -0.4 is 179 Å². The fourth-order valence-electron chi connectivity index (χ4n) is 6.73. The molecule has 29 heteroatoms.